The second-order valence-corrected chi connectivity index (χ2v) is 7.69. The maximum atomic E-state index is 12.6. The molecule has 1 aliphatic rings. The average Bonchev–Trinajstić information content (AvgIpc) is 2.84. The van der Waals surface area contributed by atoms with Crippen LogP contribution in [0.1, 0.15) is 35.2 Å². The van der Waals surface area contributed by atoms with Crippen molar-refractivity contribution in [2.24, 2.45) is 4.99 Å². The van der Waals surface area contributed by atoms with Gasteiger partial charge >= 0.3 is 5.69 Å². The number of hydrogen-bond donors (Lipinski definition) is 2. The SMILES string of the molecule is COc1ccc(-n2c(O)c(C=Nc3ccc(C(=O)N4CCCCC4)cc3)c(=O)[nH]c2=O)cc1. The van der Waals surface area contributed by atoms with Crippen molar-refractivity contribution in [3.63, 3.8) is 0 Å². The smallest absolute Gasteiger partial charge is 0.335 e. The number of carbonyl (C=O) groups excluding carboxylic acids is 1. The Morgan fingerprint density at radius 2 is 1.70 bits per heavy atom. The highest BCUT2D eigenvalue weighted by molar-refractivity contribution is 5.94. The van der Waals surface area contributed by atoms with Gasteiger partial charge in [-0.05, 0) is 67.8 Å². The van der Waals surface area contributed by atoms with Crippen molar-refractivity contribution >= 4 is 17.8 Å². The summed E-state index contributed by atoms with van der Waals surface area (Å²) in [6.07, 6.45) is 4.37. The summed E-state index contributed by atoms with van der Waals surface area (Å²) in [6, 6.07) is 13.1. The molecule has 2 heterocycles. The van der Waals surface area contributed by atoms with Gasteiger partial charge in [-0.3, -0.25) is 19.6 Å². The van der Waals surface area contributed by atoms with Crippen molar-refractivity contribution < 1.29 is 14.6 Å². The fourth-order valence-corrected chi connectivity index (χ4v) is 3.73. The average molecular weight is 448 g/mol. The Hall–Kier alpha value is -4.14. The number of nitrogens with zero attached hydrogens (tertiary/aromatic N) is 3. The number of likely N-dealkylation sites (tertiary alicyclic amines) is 1. The number of carbonyl (C=O) groups is 1. The monoisotopic (exact) mass is 448 g/mol. The summed E-state index contributed by atoms with van der Waals surface area (Å²) in [7, 11) is 1.52. The van der Waals surface area contributed by atoms with Crippen LogP contribution < -0.4 is 16.0 Å². The van der Waals surface area contributed by atoms with Crippen LogP contribution in [0.5, 0.6) is 11.6 Å². The standard InChI is InChI=1S/C24H24N4O5/c1-33-19-11-9-18(10-12-19)28-23(31)20(21(29)26-24(28)32)15-25-17-7-5-16(6-8-17)22(30)27-13-3-2-4-14-27/h5-12,15,31H,2-4,13-14H2,1H3,(H,26,29,32). The molecule has 33 heavy (non-hydrogen) atoms. The number of hydrogen-bond acceptors (Lipinski definition) is 6. The van der Waals surface area contributed by atoms with Crippen LogP contribution in [0, 0.1) is 0 Å². The van der Waals surface area contributed by atoms with Gasteiger partial charge in [-0.25, -0.2) is 9.36 Å². The predicted molar refractivity (Wildman–Crippen MR) is 124 cm³/mol. The van der Waals surface area contributed by atoms with Gasteiger partial charge in [0.1, 0.15) is 11.3 Å². The minimum absolute atomic E-state index is 0.00844. The second kappa shape index (κ2) is 9.56. The number of aromatic hydroxyl groups is 1. The molecule has 4 rings (SSSR count). The molecule has 0 saturated carbocycles. The summed E-state index contributed by atoms with van der Waals surface area (Å²) in [5.41, 5.74) is -0.289. The van der Waals surface area contributed by atoms with E-state index in [9.17, 15) is 19.5 Å². The van der Waals surface area contributed by atoms with Crippen molar-refractivity contribution in [3.05, 3.63) is 80.5 Å². The molecule has 9 heteroatoms. The van der Waals surface area contributed by atoms with Gasteiger partial charge < -0.3 is 14.7 Å². The van der Waals surface area contributed by atoms with E-state index < -0.39 is 17.1 Å². The number of amides is 1. The molecule has 0 aliphatic carbocycles. The minimum Gasteiger partial charge on any atom is -0.497 e. The molecule has 2 N–H and O–H groups in total. The number of aromatic amines is 1. The van der Waals surface area contributed by atoms with Gasteiger partial charge in [0.2, 0.25) is 5.88 Å². The van der Waals surface area contributed by atoms with Crippen LogP contribution in [0.25, 0.3) is 5.69 Å². The Labute approximate surface area is 189 Å². The maximum Gasteiger partial charge on any atom is 0.335 e. The summed E-state index contributed by atoms with van der Waals surface area (Å²) in [4.78, 5) is 45.5. The highest BCUT2D eigenvalue weighted by Gasteiger charge is 2.18. The largest absolute Gasteiger partial charge is 0.497 e. The summed E-state index contributed by atoms with van der Waals surface area (Å²) in [5, 5.41) is 10.6. The first-order valence-corrected chi connectivity index (χ1v) is 10.6. The van der Waals surface area contributed by atoms with E-state index >= 15 is 0 Å². The molecule has 0 atom stereocenters. The molecule has 3 aromatic rings. The summed E-state index contributed by atoms with van der Waals surface area (Å²) in [6.45, 7) is 1.54. The van der Waals surface area contributed by atoms with E-state index in [0.29, 0.717) is 22.7 Å². The molecule has 0 bridgehead atoms. The molecule has 170 valence electrons. The van der Waals surface area contributed by atoms with Gasteiger partial charge in [-0.2, -0.15) is 0 Å². The first-order valence-electron chi connectivity index (χ1n) is 10.6. The highest BCUT2D eigenvalue weighted by atomic mass is 16.5. The van der Waals surface area contributed by atoms with E-state index in [0.717, 1.165) is 36.9 Å². The zero-order chi connectivity index (χ0) is 23.4. The third-order valence-corrected chi connectivity index (χ3v) is 5.55. The van der Waals surface area contributed by atoms with Crippen molar-refractivity contribution in [3.8, 4) is 17.3 Å². The number of aromatic nitrogens is 2. The van der Waals surface area contributed by atoms with E-state index in [4.69, 9.17) is 4.74 Å². The van der Waals surface area contributed by atoms with Crippen LogP contribution in [0.2, 0.25) is 0 Å². The lowest BCUT2D eigenvalue weighted by atomic mass is 10.1. The van der Waals surface area contributed by atoms with E-state index in [1.807, 2.05) is 4.90 Å². The Morgan fingerprint density at radius 1 is 1.03 bits per heavy atom. The number of methoxy groups -OCH3 is 1. The fraction of sp³-hybridized carbons (Fsp3) is 0.250. The lowest BCUT2D eigenvalue weighted by molar-refractivity contribution is 0.0724. The van der Waals surface area contributed by atoms with Crippen LogP contribution in [0.15, 0.2) is 63.1 Å². The molecule has 1 amide bonds. The quantitative estimate of drug-likeness (QED) is 0.582. The molecule has 0 radical (unpaired) electrons. The van der Waals surface area contributed by atoms with Gasteiger partial charge in [-0.15, -0.1) is 0 Å². The molecular formula is C24H24N4O5. The Balaban J connectivity index is 1.59. The van der Waals surface area contributed by atoms with Crippen LogP contribution in [0.3, 0.4) is 0 Å². The molecule has 2 aromatic carbocycles. The van der Waals surface area contributed by atoms with Gasteiger partial charge in [0.15, 0.2) is 0 Å². The predicted octanol–water partition coefficient (Wildman–Crippen LogP) is 2.62. The number of piperidine rings is 1. The fourth-order valence-electron chi connectivity index (χ4n) is 3.73. The molecule has 9 nitrogen and oxygen atoms in total. The zero-order valence-electron chi connectivity index (χ0n) is 18.2. The Bertz CT molecular complexity index is 1280. The second-order valence-electron chi connectivity index (χ2n) is 7.69. The first kappa shape index (κ1) is 22.1. The van der Waals surface area contributed by atoms with E-state index in [-0.39, 0.29) is 11.5 Å². The summed E-state index contributed by atoms with van der Waals surface area (Å²) in [5.74, 6) is 0.0418. The van der Waals surface area contributed by atoms with Crippen molar-refractivity contribution in [1.82, 2.24) is 14.5 Å². The van der Waals surface area contributed by atoms with E-state index in [1.54, 1.807) is 48.5 Å². The molecule has 1 aliphatic heterocycles. The number of ether oxygens (including phenoxy) is 1. The van der Waals surface area contributed by atoms with E-state index in [1.165, 1.54) is 13.3 Å². The lowest BCUT2D eigenvalue weighted by Crippen LogP contribution is -2.35. The maximum absolute atomic E-state index is 12.6. The third kappa shape index (κ3) is 4.72. The van der Waals surface area contributed by atoms with Crippen LogP contribution in [0.4, 0.5) is 5.69 Å². The van der Waals surface area contributed by atoms with Crippen molar-refractivity contribution in [2.75, 3.05) is 20.2 Å². The third-order valence-electron chi connectivity index (χ3n) is 5.55. The van der Waals surface area contributed by atoms with Crippen molar-refractivity contribution in [1.29, 1.82) is 0 Å². The number of rotatable bonds is 5. The molecular weight excluding hydrogens is 424 g/mol. The summed E-state index contributed by atoms with van der Waals surface area (Å²) >= 11 is 0. The number of benzene rings is 2. The van der Waals surface area contributed by atoms with Crippen LogP contribution in [-0.4, -0.2) is 51.9 Å². The highest BCUT2D eigenvalue weighted by Crippen LogP contribution is 2.20. The number of H-pyrrole nitrogens is 1. The van der Waals surface area contributed by atoms with Crippen LogP contribution >= 0.6 is 0 Å². The van der Waals surface area contributed by atoms with Gasteiger partial charge in [0.05, 0.1) is 18.5 Å². The Morgan fingerprint density at radius 3 is 2.33 bits per heavy atom. The van der Waals surface area contributed by atoms with E-state index in [2.05, 4.69) is 9.98 Å². The topological polar surface area (TPSA) is 117 Å². The minimum atomic E-state index is -0.777. The van der Waals surface area contributed by atoms with Crippen LogP contribution in [-0.2, 0) is 0 Å². The normalized spacial score (nSPS) is 13.9. The van der Waals surface area contributed by atoms with Gasteiger partial charge in [0, 0.05) is 24.9 Å². The van der Waals surface area contributed by atoms with Gasteiger partial charge in [0.25, 0.3) is 11.5 Å². The molecule has 0 unspecified atom stereocenters. The van der Waals surface area contributed by atoms with Crippen molar-refractivity contribution in [2.45, 2.75) is 19.3 Å². The molecule has 1 fully saturated rings. The number of aliphatic imine (C=N–C) groups is 1. The summed E-state index contributed by atoms with van der Waals surface area (Å²) < 4.78 is 6.08. The molecule has 1 aromatic heterocycles. The first-order chi connectivity index (χ1) is 16.0. The Kier molecular flexibility index (Phi) is 6.39. The molecule has 1 saturated heterocycles. The molecule has 0 spiro atoms. The zero-order valence-corrected chi connectivity index (χ0v) is 18.2. The number of nitrogens with one attached hydrogen (secondary N) is 1. The lowest BCUT2D eigenvalue weighted by Gasteiger charge is -2.26. The van der Waals surface area contributed by atoms with Gasteiger partial charge in [-0.1, -0.05) is 0 Å².